The summed E-state index contributed by atoms with van der Waals surface area (Å²) >= 11 is 0.826. The van der Waals surface area contributed by atoms with E-state index in [2.05, 4.69) is 9.69 Å². The van der Waals surface area contributed by atoms with Crippen LogP contribution in [0.3, 0.4) is 0 Å². The summed E-state index contributed by atoms with van der Waals surface area (Å²) in [5.74, 6) is -1.42. The third-order valence-corrected chi connectivity index (χ3v) is 6.68. The number of carbonyl (C=O) groups excluding carboxylic acids is 3. The summed E-state index contributed by atoms with van der Waals surface area (Å²) in [6.45, 7) is 4.00. The lowest BCUT2D eigenvalue weighted by Crippen LogP contribution is -2.51. The first-order valence-corrected chi connectivity index (χ1v) is 11.9. The quantitative estimate of drug-likeness (QED) is 0.531. The zero-order valence-corrected chi connectivity index (χ0v) is 19.4. The minimum Gasteiger partial charge on any atom is -0.395 e. The van der Waals surface area contributed by atoms with Crippen molar-refractivity contribution >= 4 is 40.6 Å². The van der Waals surface area contributed by atoms with Crippen molar-refractivity contribution in [2.75, 3.05) is 10.6 Å². The van der Waals surface area contributed by atoms with Gasteiger partial charge in [0.1, 0.15) is 10.9 Å². The summed E-state index contributed by atoms with van der Waals surface area (Å²) < 4.78 is 3.97. The maximum atomic E-state index is 13.7. The molecule has 0 saturated heterocycles. The number of nitrogens with zero attached hydrogens (tertiary/aromatic N) is 2. The number of nitrogens with two attached hydrogens (primary N) is 2. The zero-order chi connectivity index (χ0) is 23.3. The van der Waals surface area contributed by atoms with Crippen LogP contribution in [0, 0.1) is 6.92 Å². The Morgan fingerprint density at radius 2 is 1.88 bits per heavy atom. The smallest absolute Gasteiger partial charge is 0.272 e. The van der Waals surface area contributed by atoms with Gasteiger partial charge >= 0.3 is 0 Å². The minimum atomic E-state index is -0.791. The van der Waals surface area contributed by atoms with Crippen LogP contribution in [0.4, 0.5) is 11.4 Å². The zero-order valence-electron chi connectivity index (χ0n) is 18.6. The van der Waals surface area contributed by atoms with E-state index in [9.17, 15) is 14.4 Å². The van der Waals surface area contributed by atoms with Gasteiger partial charge in [-0.15, -0.1) is 0 Å². The molecular weight excluding hydrogens is 426 g/mol. The van der Waals surface area contributed by atoms with E-state index in [1.807, 2.05) is 38.1 Å². The highest BCUT2D eigenvalue weighted by atomic mass is 32.1. The molecule has 1 aromatic heterocycles. The van der Waals surface area contributed by atoms with Gasteiger partial charge in [-0.2, -0.15) is 4.37 Å². The molecule has 3 rings (SSSR count). The fraction of sp³-hybridized carbons (Fsp3) is 0.478. The fourth-order valence-electron chi connectivity index (χ4n) is 4.03. The van der Waals surface area contributed by atoms with Crippen molar-refractivity contribution in [3.8, 4) is 0 Å². The predicted molar refractivity (Wildman–Crippen MR) is 127 cm³/mol. The number of nitrogen functional groups attached to an aromatic ring is 1. The fourth-order valence-corrected chi connectivity index (χ4v) is 4.77. The maximum Gasteiger partial charge on any atom is 0.272 e. The summed E-state index contributed by atoms with van der Waals surface area (Å²) in [6, 6.07) is 6.86. The largest absolute Gasteiger partial charge is 0.395 e. The second-order valence-electron chi connectivity index (χ2n) is 8.30. The van der Waals surface area contributed by atoms with Gasteiger partial charge in [0.25, 0.3) is 11.8 Å². The van der Waals surface area contributed by atoms with Gasteiger partial charge < -0.3 is 16.8 Å². The number of aromatic nitrogens is 1. The number of nitrogens with one attached hydrogen (secondary N) is 1. The molecule has 1 aromatic carbocycles. The summed E-state index contributed by atoms with van der Waals surface area (Å²) in [5, 5.41) is 3.14. The standard InChI is InChI=1S/C23H31N5O3S/c1-3-4-9-17(22(30)26-15-7-5-6-8-15)28(16-12-10-14(2)11-13-16)23(31)20-18(24)19(21(25)29)27-32-20/h10-13,15,17H,3-9,24H2,1-2H3,(H2,25,29)(H,26,30). The highest BCUT2D eigenvalue weighted by Gasteiger charge is 2.35. The van der Waals surface area contributed by atoms with Crippen LogP contribution in [-0.2, 0) is 4.79 Å². The number of benzene rings is 1. The van der Waals surface area contributed by atoms with Crippen molar-refractivity contribution in [2.45, 2.75) is 70.9 Å². The Hall–Kier alpha value is -2.94. The van der Waals surface area contributed by atoms with Gasteiger partial charge in [-0.05, 0) is 49.9 Å². The molecule has 2 aromatic rings. The Balaban J connectivity index is 2.02. The number of primary amides is 1. The van der Waals surface area contributed by atoms with Crippen LogP contribution >= 0.6 is 11.5 Å². The molecule has 172 valence electrons. The molecule has 9 heteroatoms. The van der Waals surface area contributed by atoms with E-state index in [0.717, 1.165) is 55.6 Å². The van der Waals surface area contributed by atoms with Crippen molar-refractivity contribution in [3.05, 3.63) is 40.4 Å². The third-order valence-electron chi connectivity index (χ3n) is 5.83. The first-order chi connectivity index (χ1) is 15.3. The molecule has 0 bridgehead atoms. The van der Waals surface area contributed by atoms with Crippen LogP contribution < -0.4 is 21.7 Å². The van der Waals surface area contributed by atoms with E-state index in [4.69, 9.17) is 11.5 Å². The topological polar surface area (TPSA) is 131 Å². The minimum absolute atomic E-state index is 0.0462. The first-order valence-electron chi connectivity index (χ1n) is 11.1. The molecule has 0 radical (unpaired) electrons. The Kier molecular flexibility index (Phi) is 7.84. The van der Waals surface area contributed by atoms with E-state index in [1.54, 1.807) is 0 Å². The second-order valence-corrected chi connectivity index (χ2v) is 9.07. The van der Waals surface area contributed by atoms with Gasteiger partial charge in [-0.3, -0.25) is 19.3 Å². The van der Waals surface area contributed by atoms with E-state index >= 15 is 0 Å². The van der Waals surface area contributed by atoms with Gasteiger partial charge in [0.15, 0.2) is 5.69 Å². The van der Waals surface area contributed by atoms with Gasteiger partial charge in [-0.25, -0.2) is 0 Å². The Labute approximate surface area is 192 Å². The van der Waals surface area contributed by atoms with Gasteiger partial charge in [0.05, 0.1) is 5.69 Å². The van der Waals surface area contributed by atoms with Crippen molar-refractivity contribution in [3.63, 3.8) is 0 Å². The molecule has 1 unspecified atom stereocenters. The molecule has 32 heavy (non-hydrogen) atoms. The van der Waals surface area contributed by atoms with E-state index in [-0.39, 0.29) is 28.2 Å². The van der Waals surface area contributed by atoms with E-state index in [1.165, 1.54) is 4.90 Å². The number of amides is 3. The predicted octanol–water partition coefficient (Wildman–Crippen LogP) is 3.40. The highest BCUT2D eigenvalue weighted by Crippen LogP contribution is 2.29. The van der Waals surface area contributed by atoms with E-state index in [0.29, 0.717) is 12.1 Å². The molecule has 1 saturated carbocycles. The second kappa shape index (κ2) is 10.6. The van der Waals surface area contributed by atoms with Crippen molar-refractivity contribution in [1.82, 2.24) is 9.69 Å². The third kappa shape index (κ3) is 5.27. The number of rotatable bonds is 9. The summed E-state index contributed by atoms with van der Waals surface area (Å²) in [6.07, 6.45) is 6.27. The summed E-state index contributed by atoms with van der Waals surface area (Å²) in [7, 11) is 0. The molecule has 1 atom stereocenters. The normalized spacial score (nSPS) is 14.8. The molecule has 1 heterocycles. The summed E-state index contributed by atoms with van der Waals surface area (Å²) in [4.78, 5) is 40.3. The van der Waals surface area contributed by atoms with Crippen molar-refractivity contribution in [1.29, 1.82) is 0 Å². The maximum absolute atomic E-state index is 13.7. The number of hydrogen-bond donors (Lipinski definition) is 3. The van der Waals surface area contributed by atoms with Crippen molar-refractivity contribution in [2.24, 2.45) is 5.73 Å². The van der Waals surface area contributed by atoms with Crippen molar-refractivity contribution < 1.29 is 14.4 Å². The van der Waals surface area contributed by atoms with Crippen LogP contribution in [0.1, 0.15) is 77.6 Å². The number of carbonyl (C=O) groups is 3. The Morgan fingerprint density at radius 3 is 2.44 bits per heavy atom. The SMILES string of the molecule is CCCCC(C(=O)NC1CCCC1)N(C(=O)c1snc(C(N)=O)c1N)c1ccc(C)cc1. The van der Waals surface area contributed by atoms with E-state index < -0.39 is 17.9 Å². The first kappa shape index (κ1) is 23.7. The molecule has 0 spiro atoms. The van der Waals surface area contributed by atoms with Gasteiger partial charge in [-0.1, -0.05) is 50.3 Å². The van der Waals surface area contributed by atoms with Gasteiger partial charge in [0.2, 0.25) is 5.91 Å². The molecule has 1 fully saturated rings. The number of hydrogen-bond acceptors (Lipinski definition) is 6. The molecular formula is C23H31N5O3S. The number of unbranched alkanes of at least 4 members (excludes halogenated alkanes) is 1. The Morgan fingerprint density at radius 1 is 1.22 bits per heavy atom. The lowest BCUT2D eigenvalue weighted by atomic mass is 10.0. The molecule has 5 N–H and O–H groups in total. The van der Waals surface area contributed by atoms with Crippen LogP contribution in [0.15, 0.2) is 24.3 Å². The summed E-state index contributed by atoms with van der Waals surface area (Å²) in [5.41, 5.74) is 12.8. The highest BCUT2D eigenvalue weighted by molar-refractivity contribution is 7.09. The lowest BCUT2D eigenvalue weighted by Gasteiger charge is -2.32. The van der Waals surface area contributed by atoms with Gasteiger partial charge in [0, 0.05) is 11.7 Å². The van der Waals surface area contributed by atoms with Crippen LogP contribution in [-0.4, -0.2) is 34.2 Å². The monoisotopic (exact) mass is 457 g/mol. The molecule has 1 aliphatic rings. The molecule has 3 amide bonds. The van der Waals surface area contributed by atoms with Crippen LogP contribution in [0.2, 0.25) is 0 Å². The number of anilines is 2. The molecule has 0 aliphatic heterocycles. The molecule has 8 nitrogen and oxygen atoms in total. The van der Waals surface area contributed by atoms with Crippen LogP contribution in [0.25, 0.3) is 0 Å². The lowest BCUT2D eigenvalue weighted by molar-refractivity contribution is -0.123. The molecule has 1 aliphatic carbocycles. The Bertz CT molecular complexity index is 967. The average molecular weight is 458 g/mol. The average Bonchev–Trinajstić information content (AvgIpc) is 3.41. The van der Waals surface area contributed by atoms with Crippen LogP contribution in [0.5, 0.6) is 0 Å². The number of aryl methyl sites for hydroxylation is 1.